The van der Waals surface area contributed by atoms with Gasteiger partial charge in [0.25, 0.3) is 0 Å². The van der Waals surface area contributed by atoms with E-state index in [1.807, 2.05) is 24.3 Å². The monoisotopic (exact) mass is 367 g/mol. The Morgan fingerprint density at radius 3 is 2.78 bits per heavy atom. The lowest BCUT2D eigenvalue weighted by molar-refractivity contribution is -0.146. The molecule has 4 rings (SSSR count). The predicted octanol–water partition coefficient (Wildman–Crippen LogP) is 4.63. The van der Waals surface area contributed by atoms with Gasteiger partial charge in [0.15, 0.2) is 0 Å². The molecule has 2 heterocycles. The molecule has 1 fully saturated rings. The van der Waals surface area contributed by atoms with E-state index in [9.17, 15) is 9.18 Å². The maximum Gasteiger partial charge on any atom is 0.306 e. The third-order valence-corrected chi connectivity index (χ3v) is 4.98. The number of nitrogens with one attached hydrogen (secondary N) is 1. The van der Waals surface area contributed by atoms with Gasteiger partial charge in [-0.1, -0.05) is 18.2 Å². The van der Waals surface area contributed by atoms with E-state index in [2.05, 4.69) is 4.98 Å². The van der Waals surface area contributed by atoms with E-state index in [0.29, 0.717) is 19.4 Å². The maximum atomic E-state index is 13.3. The Kier molecular flexibility index (Phi) is 5.21. The molecule has 0 spiro atoms. The Labute approximate surface area is 157 Å². The number of aryl methyl sites for hydroxylation is 1. The number of carbonyl (C=O) groups is 1. The van der Waals surface area contributed by atoms with Crippen molar-refractivity contribution in [3.8, 4) is 11.3 Å². The molecule has 1 atom stereocenters. The Morgan fingerprint density at radius 2 is 2.00 bits per heavy atom. The summed E-state index contributed by atoms with van der Waals surface area (Å²) in [5, 5.41) is 1.07. The molecule has 27 heavy (non-hydrogen) atoms. The summed E-state index contributed by atoms with van der Waals surface area (Å²) in [5.41, 5.74) is 3.87. The van der Waals surface area contributed by atoms with Crippen molar-refractivity contribution < 1.29 is 18.7 Å². The van der Waals surface area contributed by atoms with Crippen LogP contribution < -0.4 is 0 Å². The van der Waals surface area contributed by atoms with E-state index in [4.69, 9.17) is 9.47 Å². The zero-order chi connectivity index (χ0) is 18.6. The number of ether oxygens (including phenoxy) is 2. The molecule has 140 valence electrons. The molecule has 5 heteroatoms. The van der Waals surface area contributed by atoms with Gasteiger partial charge >= 0.3 is 5.97 Å². The van der Waals surface area contributed by atoms with Crippen molar-refractivity contribution in [2.75, 3.05) is 13.2 Å². The van der Waals surface area contributed by atoms with E-state index >= 15 is 0 Å². The molecule has 0 saturated carbocycles. The van der Waals surface area contributed by atoms with Crippen LogP contribution >= 0.6 is 0 Å². The van der Waals surface area contributed by atoms with Crippen molar-refractivity contribution in [1.29, 1.82) is 0 Å². The van der Waals surface area contributed by atoms with Crippen molar-refractivity contribution in [3.63, 3.8) is 0 Å². The van der Waals surface area contributed by atoms with Gasteiger partial charge in [-0.05, 0) is 60.7 Å². The number of rotatable bonds is 6. The van der Waals surface area contributed by atoms with Crippen molar-refractivity contribution in [2.45, 2.75) is 31.8 Å². The van der Waals surface area contributed by atoms with Crippen molar-refractivity contribution in [1.82, 2.24) is 4.98 Å². The summed E-state index contributed by atoms with van der Waals surface area (Å²) in [6.45, 7) is 1.08. The SMILES string of the molecule is O=C(CCc1c(-c2ccc(F)cc2)[nH]c2ccccc12)OC[C@@H]1CCCO1. The minimum absolute atomic E-state index is 0.0387. The lowest BCUT2D eigenvalue weighted by Gasteiger charge is -2.10. The van der Waals surface area contributed by atoms with Crippen molar-refractivity contribution >= 4 is 16.9 Å². The minimum atomic E-state index is -0.269. The van der Waals surface area contributed by atoms with Gasteiger partial charge in [-0.15, -0.1) is 0 Å². The Balaban J connectivity index is 1.52. The largest absolute Gasteiger partial charge is 0.463 e. The van der Waals surface area contributed by atoms with Crippen molar-refractivity contribution in [2.24, 2.45) is 0 Å². The van der Waals surface area contributed by atoms with Gasteiger partial charge in [0.1, 0.15) is 12.4 Å². The summed E-state index contributed by atoms with van der Waals surface area (Å²) in [6.07, 6.45) is 2.86. The molecule has 4 nitrogen and oxygen atoms in total. The van der Waals surface area contributed by atoms with Gasteiger partial charge in [0.2, 0.25) is 0 Å². The van der Waals surface area contributed by atoms with Crippen LogP contribution in [0, 0.1) is 5.82 Å². The number of aromatic nitrogens is 1. The number of para-hydroxylation sites is 1. The van der Waals surface area contributed by atoms with Crippen LogP contribution in [0.4, 0.5) is 4.39 Å². The van der Waals surface area contributed by atoms with E-state index in [1.165, 1.54) is 12.1 Å². The molecule has 1 saturated heterocycles. The average molecular weight is 367 g/mol. The topological polar surface area (TPSA) is 51.3 Å². The zero-order valence-corrected chi connectivity index (χ0v) is 15.0. The maximum absolute atomic E-state index is 13.3. The highest BCUT2D eigenvalue weighted by atomic mass is 19.1. The van der Waals surface area contributed by atoms with Crippen LogP contribution in [0.1, 0.15) is 24.8 Å². The number of carbonyl (C=O) groups excluding carboxylic acids is 1. The van der Waals surface area contributed by atoms with Crippen LogP contribution in [0.15, 0.2) is 48.5 Å². The first-order valence-electron chi connectivity index (χ1n) is 9.33. The number of hydrogen-bond acceptors (Lipinski definition) is 3. The standard InChI is InChI=1S/C22H22FNO3/c23-16-9-7-15(8-10-16)22-19(18-5-1-2-6-20(18)24-22)11-12-21(25)27-14-17-4-3-13-26-17/h1-2,5-10,17,24H,3-4,11-14H2/t17-/m0/s1. The number of esters is 1. The first-order chi connectivity index (χ1) is 13.2. The Morgan fingerprint density at radius 1 is 1.19 bits per heavy atom. The molecule has 3 aromatic rings. The molecule has 0 unspecified atom stereocenters. The number of fused-ring (bicyclic) bond motifs is 1. The van der Waals surface area contributed by atoms with Crippen LogP contribution in [-0.2, 0) is 20.7 Å². The first-order valence-corrected chi connectivity index (χ1v) is 9.33. The highest BCUT2D eigenvalue weighted by Gasteiger charge is 2.19. The van der Waals surface area contributed by atoms with Gasteiger partial charge in [0, 0.05) is 29.6 Å². The third-order valence-electron chi connectivity index (χ3n) is 4.98. The second-order valence-corrected chi connectivity index (χ2v) is 6.85. The quantitative estimate of drug-likeness (QED) is 0.646. The lowest BCUT2D eigenvalue weighted by atomic mass is 10.0. The smallest absolute Gasteiger partial charge is 0.306 e. The van der Waals surface area contributed by atoms with Crippen molar-refractivity contribution in [3.05, 3.63) is 59.9 Å². The summed E-state index contributed by atoms with van der Waals surface area (Å²) in [7, 11) is 0. The first kappa shape index (κ1) is 17.7. The third kappa shape index (κ3) is 4.03. The summed E-state index contributed by atoms with van der Waals surface area (Å²) in [6, 6.07) is 14.4. The van der Waals surface area contributed by atoms with Gasteiger partial charge in [-0.25, -0.2) is 4.39 Å². The van der Waals surface area contributed by atoms with Crippen LogP contribution in [0.25, 0.3) is 22.2 Å². The number of aromatic amines is 1. The highest BCUT2D eigenvalue weighted by molar-refractivity contribution is 5.91. The van der Waals surface area contributed by atoms with Crippen LogP contribution in [-0.4, -0.2) is 30.3 Å². The molecule has 0 radical (unpaired) electrons. The van der Waals surface area contributed by atoms with E-state index < -0.39 is 0 Å². The van der Waals surface area contributed by atoms with Gasteiger partial charge in [-0.2, -0.15) is 0 Å². The number of hydrogen-bond donors (Lipinski definition) is 1. The van der Waals surface area contributed by atoms with Gasteiger partial charge in [-0.3, -0.25) is 4.79 Å². The highest BCUT2D eigenvalue weighted by Crippen LogP contribution is 2.31. The molecular weight excluding hydrogens is 345 g/mol. The lowest BCUT2D eigenvalue weighted by Crippen LogP contribution is -2.18. The van der Waals surface area contributed by atoms with Gasteiger partial charge < -0.3 is 14.5 Å². The molecule has 1 aliphatic heterocycles. The van der Waals surface area contributed by atoms with E-state index in [-0.39, 0.29) is 17.9 Å². The Bertz CT molecular complexity index is 926. The summed E-state index contributed by atoms with van der Waals surface area (Å²) < 4.78 is 24.2. The van der Waals surface area contributed by atoms with Crippen LogP contribution in [0.2, 0.25) is 0 Å². The van der Waals surface area contributed by atoms with Crippen LogP contribution in [0.5, 0.6) is 0 Å². The molecule has 1 aliphatic rings. The fraction of sp³-hybridized carbons (Fsp3) is 0.318. The predicted molar refractivity (Wildman–Crippen MR) is 102 cm³/mol. The normalized spacial score (nSPS) is 16.7. The van der Waals surface area contributed by atoms with E-state index in [0.717, 1.165) is 47.2 Å². The second-order valence-electron chi connectivity index (χ2n) is 6.85. The number of halogens is 1. The zero-order valence-electron chi connectivity index (χ0n) is 15.0. The van der Waals surface area contributed by atoms with Crippen LogP contribution in [0.3, 0.4) is 0 Å². The molecule has 0 amide bonds. The minimum Gasteiger partial charge on any atom is -0.463 e. The molecule has 1 N–H and O–H groups in total. The number of benzene rings is 2. The molecular formula is C22H22FNO3. The number of H-pyrrole nitrogens is 1. The Hall–Kier alpha value is -2.66. The molecule has 0 bridgehead atoms. The van der Waals surface area contributed by atoms with Gasteiger partial charge in [0.05, 0.1) is 6.10 Å². The molecule has 2 aromatic carbocycles. The average Bonchev–Trinajstić information content (AvgIpc) is 3.33. The fourth-order valence-electron chi connectivity index (χ4n) is 3.58. The summed E-state index contributed by atoms with van der Waals surface area (Å²) >= 11 is 0. The summed E-state index contributed by atoms with van der Waals surface area (Å²) in [4.78, 5) is 15.6. The molecule has 0 aliphatic carbocycles. The second kappa shape index (κ2) is 7.92. The fourth-order valence-corrected chi connectivity index (χ4v) is 3.58. The van der Waals surface area contributed by atoms with E-state index in [1.54, 1.807) is 12.1 Å². The molecule has 1 aromatic heterocycles. The summed E-state index contributed by atoms with van der Waals surface area (Å²) in [5.74, 6) is -0.491.